The molecule has 6 N–H and O–H groups in total. The van der Waals surface area contributed by atoms with Gasteiger partial charge in [0.15, 0.2) is 11.5 Å². The monoisotopic (exact) mass is 704 g/mol. The highest BCUT2D eigenvalue weighted by Crippen LogP contribution is 2.74. The van der Waals surface area contributed by atoms with Gasteiger partial charge in [0, 0.05) is 18.8 Å². The molecule has 13 atom stereocenters. The van der Waals surface area contributed by atoms with Crippen LogP contribution in [0, 0.1) is 39.4 Å². The first-order valence-electron chi connectivity index (χ1n) is 17.7. The molecule has 1 heterocycles. The maximum Gasteiger partial charge on any atom is 0.303 e. The summed E-state index contributed by atoms with van der Waals surface area (Å²) < 4.78 is 16.9. The van der Waals surface area contributed by atoms with Gasteiger partial charge in [0.1, 0.15) is 35.6 Å². The van der Waals surface area contributed by atoms with Gasteiger partial charge in [0.25, 0.3) is 0 Å². The smallest absolute Gasteiger partial charge is 0.303 e. The van der Waals surface area contributed by atoms with Crippen molar-refractivity contribution >= 4 is 17.5 Å². The fraction of sp³-hybridized carbons (Fsp3) is 0.763. The molecule has 0 aromatic heterocycles. The van der Waals surface area contributed by atoms with Gasteiger partial charge in [-0.2, -0.15) is 0 Å². The van der Waals surface area contributed by atoms with E-state index in [0.717, 1.165) is 5.57 Å². The van der Waals surface area contributed by atoms with E-state index in [2.05, 4.69) is 26.8 Å². The highest BCUT2D eigenvalue weighted by molar-refractivity contribution is 6.01. The molecule has 0 amide bonds. The van der Waals surface area contributed by atoms with Crippen LogP contribution in [0.15, 0.2) is 35.6 Å². The highest BCUT2D eigenvalue weighted by atomic mass is 16.7. The van der Waals surface area contributed by atoms with E-state index in [4.69, 9.17) is 14.2 Å². The first-order valence-corrected chi connectivity index (χ1v) is 17.7. The average Bonchev–Trinajstić information content (AvgIpc) is 3.23. The predicted molar refractivity (Wildman–Crippen MR) is 180 cm³/mol. The number of rotatable bonds is 8. The highest BCUT2D eigenvalue weighted by Gasteiger charge is 2.72. The number of ketones is 2. The predicted octanol–water partition coefficient (Wildman–Crippen LogP) is 2.27. The molecule has 0 spiro atoms. The van der Waals surface area contributed by atoms with Crippen molar-refractivity contribution in [2.45, 2.75) is 136 Å². The van der Waals surface area contributed by atoms with Crippen LogP contribution in [0.1, 0.15) is 88.0 Å². The summed E-state index contributed by atoms with van der Waals surface area (Å²) in [6.07, 6.45) is 0.106. The zero-order valence-electron chi connectivity index (χ0n) is 30.7. The molecule has 0 aromatic rings. The summed E-state index contributed by atoms with van der Waals surface area (Å²) in [6, 6.07) is 0. The van der Waals surface area contributed by atoms with Gasteiger partial charge in [-0.1, -0.05) is 32.4 Å². The normalized spacial score (nSPS) is 43.9. The van der Waals surface area contributed by atoms with Crippen molar-refractivity contribution in [2.24, 2.45) is 39.4 Å². The summed E-state index contributed by atoms with van der Waals surface area (Å²) in [7, 11) is 0. The largest absolute Gasteiger partial charge is 0.459 e. The second-order valence-corrected chi connectivity index (χ2v) is 17.4. The third kappa shape index (κ3) is 5.83. The lowest BCUT2D eigenvalue weighted by Crippen LogP contribution is -2.61. The number of carbonyl (C=O) groups excluding carboxylic acids is 3. The summed E-state index contributed by atoms with van der Waals surface area (Å²) in [5.41, 5.74) is -4.71. The quantitative estimate of drug-likeness (QED) is 0.123. The van der Waals surface area contributed by atoms with Crippen molar-refractivity contribution < 1.29 is 59.2 Å². The van der Waals surface area contributed by atoms with Crippen molar-refractivity contribution in [3.8, 4) is 0 Å². The SMILES string of the molecule is CC(=O)OC(C)(C)C=CC(=O)C(C)(O)C1C(O)CC2(C)C3CC=C4C(C=C(OC5OC(CO)C(O)C(O)C5O)C(=O)C4(C)C)C3(C)CCC12C. The van der Waals surface area contributed by atoms with E-state index in [-0.39, 0.29) is 23.4 Å². The standard InChI is InChI=1S/C38H56O12/c1-19(40)50-33(2,3)13-12-26(42)38(9,47)30-22(41)17-37(8)25-11-10-20-21(35(25,6)14-15-36(30,37)7)16-23(31(46)34(20,4)5)48-32-29(45)28(44)27(43)24(18-39)49-32/h10,12-13,16,21-22,24-25,27-30,32,39,41,43-45,47H,11,14-15,17-18H2,1-9H3. The third-order valence-corrected chi connectivity index (χ3v) is 13.4. The van der Waals surface area contributed by atoms with E-state index in [1.54, 1.807) is 19.9 Å². The molecule has 12 heteroatoms. The van der Waals surface area contributed by atoms with E-state index in [9.17, 15) is 45.0 Å². The maximum atomic E-state index is 13.9. The maximum absolute atomic E-state index is 13.9. The minimum absolute atomic E-state index is 0.0387. The Bertz CT molecular complexity index is 1490. The average molecular weight is 705 g/mol. The van der Waals surface area contributed by atoms with Crippen molar-refractivity contribution in [2.75, 3.05) is 6.61 Å². The number of carbonyl (C=O) groups is 3. The molecule has 5 rings (SSSR count). The van der Waals surface area contributed by atoms with Crippen LogP contribution in [0.5, 0.6) is 0 Å². The Morgan fingerprint density at radius 3 is 2.24 bits per heavy atom. The molecule has 12 nitrogen and oxygen atoms in total. The van der Waals surface area contributed by atoms with Gasteiger partial charge < -0.3 is 44.8 Å². The molecular weight excluding hydrogens is 648 g/mol. The van der Waals surface area contributed by atoms with Gasteiger partial charge in [0.05, 0.1) is 18.1 Å². The Hall–Kier alpha value is -2.45. The first kappa shape index (κ1) is 38.8. The van der Waals surface area contributed by atoms with Crippen LogP contribution >= 0.6 is 0 Å². The van der Waals surface area contributed by atoms with Crippen LogP contribution in [-0.2, 0) is 28.6 Å². The summed E-state index contributed by atoms with van der Waals surface area (Å²) in [5, 5.41) is 64.7. The molecule has 3 fully saturated rings. The Morgan fingerprint density at radius 1 is 1.00 bits per heavy atom. The lowest BCUT2D eigenvalue weighted by molar-refractivity contribution is -0.291. The summed E-state index contributed by atoms with van der Waals surface area (Å²) in [6.45, 7) is 15.4. The van der Waals surface area contributed by atoms with E-state index in [1.807, 2.05) is 13.8 Å². The number of hydrogen-bond acceptors (Lipinski definition) is 12. The van der Waals surface area contributed by atoms with E-state index < -0.39 is 93.9 Å². The van der Waals surface area contributed by atoms with Gasteiger partial charge in [-0.25, -0.2) is 0 Å². The van der Waals surface area contributed by atoms with E-state index >= 15 is 0 Å². The molecule has 5 aliphatic rings. The molecule has 1 aliphatic heterocycles. The minimum Gasteiger partial charge on any atom is -0.459 e. The van der Waals surface area contributed by atoms with Crippen molar-refractivity contribution in [3.63, 3.8) is 0 Å². The Balaban J connectivity index is 1.48. The Labute approximate surface area is 294 Å². The summed E-state index contributed by atoms with van der Waals surface area (Å²) >= 11 is 0. The zero-order chi connectivity index (χ0) is 37.6. The molecular formula is C38H56O12. The fourth-order valence-electron chi connectivity index (χ4n) is 10.6. The van der Waals surface area contributed by atoms with Crippen LogP contribution in [0.3, 0.4) is 0 Å². The number of allylic oxidation sites excluding steroid dienone is 4. The topological polar surface area (TPSA) is 200 Å². The lowest BCUT2D eigenvalue weighted by Gasteiger charge is -2.64. The summed E-state index contributed by atoms with van der Waals surface area (Å²) in [4.78, 5) is 39.1. The van der Waals surface area contributed by atoms with Crippen LogP contribution in [0.25, 0.3) is 0 Å². The minimum atomic E-state index is -1.93. The van der Waals surface area contributed by atoms with Crippen LogP contribution < -0.4 is 0 Å². The molecule has 13 unspecified atom stereocenters. The van der Waals surface area contributed by atoms with Crippen LogP contribution in [-0.4, -0.2) is 103 Å². The number of aliphatic hydroxyl groups is 6. The van der Waals surface area contributed by atoms with Gasteiger partial charge in [-0.15, -0.1) is 0 Å². The lowest BCUT2D eigenvalue weighted by atomic mass is 9.39. The van der Waals surface area contributed by atoms with E-state index in [1.165, 1.54) is 26.0 Å². The number of ether oxygens (including phenoxy) is 3. The van der Waals surface area contributed by atoms with E-state index in [0.29, 0.717) is 25.7 Å². The second kappa shape index (κ2) is 12.6. The van der Waals surface area contributed by atoms with Crippen molar-refractivity contribution in [1.82, 2.24) is 0 Å². The van der Waals surface area contributed by atoms with Crippen LogP contribution in [0.4, 0.5) is 0 Å². The number of aliphatic hydroxyl groups excluding tert-OH is 5. The number of esters is 1. The molecule has 50 heavy (non-hydrogen) atoms. The van der Waals surface area contributed by atoms with Gasteiger partial charge in [0.2, 0.25) is 12.1 Å². The second-order valence-electron chi connectivity index (χ2n) is 17.4. The first-order chi connectivity index (χ1) is 22.9. The molecule has 0 radical (unpaired) electrons. The summed E-state index contributed by atoms with van der Waals surface area (Å²) in [5.74, 6) is -2.59. The number of Topliss-reactive ketones (excluding diaryl/α,β-unsaturated/α-hetero) is 1. The molecule has 0 bridgehead atoms. The number of hydrogen-bond donors (Lipinski definition) is 6. The Morgan fingerprint density at radius 2 is 1.64 bits per heavy atom. The zero-order valence-corrected chi connectivity index (χ0v) is 30.7. The molecule has 0 aromatic carbocycles. The molecule has 1 saturated heterocycles. The van der Waals surface area contributed by atoms with Crippen molar-refractivity contribution in [3.05, 3.63) is 35.6 Å². The molecule has 4 aliphatic carbocycles. The van der Waals surface area contributed by atoms with Crippen LogP contribution in [0.2, 0.25) is 0 Å². The third-order valence-electron chi connectivity index (χ3n) is 13.4. The fourth-order valence-corrected chi connectivity index (χ4v) is 10.6. The van der Waals surface area contributed by atoms with Gasteiger partial charge in [-0.3, -0.25) is 14.4 Å². The molecule has 280 valence electrons. The van der Waals surface area contributed by atoms with Crippen molar-refractivity contribution in [1.29, 1.82) is 0 Å². The number of fused-ring (bicyclic) bond motifs is 5. The Kier molecular flexibility index (Phi) is 9.77. The van der Waals surface area contributed by atoms with Gasteiger partial charge >= 0.3 is 5.97 Å². The van der Waals surface area contributed by atoms with Gasteiger partial charge in [-0.05, 0) is 101 Å². The molecule has 2 saturated carbocycles.